The number of nitrogens with zero attached hydrogens (tertiary/aromatic N) is 2. The maximum atomic E-state index is 12.8. The second kappa shape index (κ2) is 9.85. The number of carboxylic acid groups (broad SMARTS) is 1. The van der Waals surface area contributed by atoms with E-state index in [1.54, 1.807) is 19.1 Å². The highest BCUT2D eigenvalue weighted by molar-refractivity contribution is 6.07. The summed E-state index contributed by atoms with van der Waals surface area (Å²) in [6, 6.07) is 7.28. The fourth-order valence-electron chi connectivity index (χ4n) is 4.75. The summed E-state index contributed by atoms with van der Waals surface area (Å²) in [5.74, 6) is -6.56. The van der Waals surface area contributed by atoms with E-state index in [-0.39, 0.29) is 17.7 Å². The number of carbonyl (C=O) groups excluding carboxylic acids is 2. The molecule has 2 N–H and O–H groups in total. The summed E-state index contributed by atoms with van der Waals surface area (Å²) in [5, 5.41) is 10.6. The molecule has 1 fully saturated rings. The van der Waals surface area contributed by atoms with Crippen LogP contribution in [0.2, 0.25) is 0 Å². The Balaban J connectivity index is 1.80. The van der Waals surface area contributed by atoms with Crippen LogP contribution in [0.1, 0.15) is 51.7 Å². The summed E-state index contributed by atoms with van der Waals surface area (Å²) in [7, 11) is 1.94. The molecule has 9 nitrogen and oxygen atoms in total. The van der Waals surface area contributed by atoms with Crippen LogP contribution in [-0.2, 0) is 29.5 Å². The minimum Gasteiger partial charge on any atom is -0.478 e. The number of aromatic carboxylic acids is 1. The molecule has 0 aliphatic carbocycles. The van der Waals surface area contributed by atoms with E-state index in [0.717, 1.165) is 49.1 Å². The zero-order valence-electron chi connectivity index (χ0n) is 20.1. The molecule has 4 rings (SSSR count). The zero-order chi connectivity index (χ0) is 27.1. The van der Waals surface area contributed by atoms with Gasteiger partial charge in [0.25, 0.3) is 5.56 Å². The Hall–Kier alpha value is -3.93. The number of rotatable bonds is 6. The molecule has 37 heavy (non-hydrogen) atoms. The van der Waals surface area contributed by atoms with Crippen molar-refractivity contribution in [3.8, 4) is 11.3 Å². The zero-order valence-corrected chi connectivity index (χ0v) is 20.1. The molecule has 3 heterocycles. The standard InChI is InChI=1S/C25H24F3N3O6/c1-3-16-18(22(33)34)19(23(35)37-24(36)25(26,27)28)21(32)29-20(16)13-6-7-17-14(10-13)11-15(30(17)2)12-31-8-4-5-9-31/h6-7,10-11H,3-5,8-9,12H2,1-2H3,(H,29,32)(H,33,34). The van der Waals surface area contributed by atoms with Gasteiger partial charge >= 0.3 is 24.1 Å². The minimum atomic E-state index is -5.50. The number of ether oxygens (including phenoxy) is 1. The molecule has 1 aliphatic rings. The normalized spacial score (nSPS) is 14.3. The molecule has 0 spiro atoms. The lowest BCUT2D eigenvalue weighted by Crippen LogP contribution is -2.32. The van der Waals surface area contributed by atoms with Crippen molar-refractivity contribution in [2.75, 3.05) is 13.1 Å². The first-order chi connectivity index (χ1) is 17.4. The van der Waals surface area contributed by atoms with Gasteiger partial charge in [-0.15, -0.1) is 0 Å². The van der Waals surface area contributed by atoms with E-state index in [1.807, 2.05) is 19.2 Å². The third-order valence-corrected chi connectivity index (χ3v) is 6.52. The molecule has 1 aromatic carbocycles. The lowest BCUT2D eigenvalue weighted by molar-refractivity contribution is -0.193. The second-order valence-corrected chi connectivity index (χ2v) is 8.84. The van der Waals surface area contributed by atoms with E-state index in [1.165, 1.54) is 0 Å². The average molecular weight is 519 g/mol. The first-order valence-corrected chi connectivity index (χ1v) is 11.6. The molecule has 0 unspecified atom stereocenters. The van der Waals surface area contributed by atoms with Crippen LogP contribution in [0.4, 0.5) is 13.2 Å². The highest BCUT2D eigenvalue weighted by Gasteiger charge is 2.43. The van der Waals surface area contributed by atoms with Crippen LogP contribution in [0.5, 0.6) is 0 Å². The molecule has 0 bridgehead atoms. The Morgan fingerprint density at radius 1 is 1.11 bits per heavy atom. The molecular formula is C25H24F3N3O6. The molecule has 0 amide bonds. The topological polar surface area (TPSA) is 122 Å². The number of fused-ring (bicyclic) bond motifs is 1. The van der Waals surface area contributed by atoms with Gasteiger partial charge in [-0.25, -0.2) is 14.4 Å². The first-order valence-electron chi connectivity index (χ1n) is 11.6. The SMILES string of the molecule is CCc1c(-c2ccc3c(c2)cc(CN2CCCC2)n3C)[nH]c(=O)c(C(=O)OC(=O)C(F)(F)F)c1C(=O)O. The number of esters is 2. The minimum absolute atomic E-state index is 0.00563. The second-order valence-electron chi connectivity index (χ2n) is 8.84. The van der Waals surface area contributed by atoms with E-state index in [0.29, 0.717) is 5.56 Å². The number of carboxylic acids is 1. The number of benzene rings is 1. The lowest BCUT2D eigenvalue weighted by atomic mass is 9.95. The van der Waals surface area contributed by atoms with E-state index in [9.17, 15) is 37.5 Å². The number of nitrogens with one attached hydrogen (secondary N) is 1. The number of pyridine rings is 1. The number of aromatic nitrogens is 2. The highest BCUT2D eigenvalue weighted by Crippen LogP contribution is 2.30. The summed E-state index contributed by atoms with van der Waals surface area (Å²) in [4.78, 5) is 53.0. The van der Waals surface area contributed by atoms with Gasteiger partial charge in [0.1, 0.15) is 5.56 Å². The summed E-state index contributed by atoms with van der Waals surface area (Å²) < 4.78 is 43.5. The number of halogens is 3. The van der Waals surface area contributed by atoms with E-state index in [2.05, 4.69) is 19.2 Å². The maximum absolute atomic E-state index is 12.8. The number of aryl methyl sites for hydroxylation is 1. The third-order valence-electron chi connectivity index (χ3n) is 6.52. The Labute approximate surface area is 208 Å². The molecule has 0 saturated carbocycles. The first kappa shape index (κ1) is 26.1. The van der Waals surface area contributed by atoms with Gasteiger partial charge in [0.15, 0.2) is 0 Å². The van der Waals surface area contributed by atoms with Crippen molar-refractivity contribution in [1.82, 2.24) is 14.5 Å². The number of H-pyrrole nitrogens is 1. The van der Waals surface area contributed by atoms with Crippen molar-refractivity contribution in [3.05, 3.63) is 57.0 Å². The highest BCUT2D eigenvalue weighted by atomic mass is 19.4. The number of hydrogen-bond donors (Lipinski definition) is 2. The van der Waals surface area contributed by atoms with Gasteiger partial charge in [-0.2, -0.15) is 13.2 Å². The molecule has 2 aromatic heterocycles. The van der Waals surface area contributed by atoms with Crippen LogP contribution in [0.3, 0.4) is 0 Å². The van der Waals surface area contributed by atoms with Crippen LogP contribution >= 0.6 is 0 Å². The Morgan fingerprint density at radius 2 is 1.78 bits per heavy atom. The van der Waals surface area contributed by atoms with Gasteiger partial charge in [-0.3, -0.25) is 9.69 Å². The molecule has 0 radical (unpaired) electrons. The predicted octanol–water partition coefficient (Wildman–Crippen LogP) is 3.64. The van der Waals surface area contributed by atoms with E-state index < -0.39 is 40.8 Å². The summed E-state index contributed by atoms with van der Waals surface area (Å²) in [5.41, 5.74) is -0.717. The van der Waals surface area contributed by atoms with Crippen LogP contribution in [0.15, 0.2) is 29.1 Å². The van der Waals surface area contributed by atoms with Crippen molar-refractivity contribution in [2.24, 2.45) is 7.05 Å². The molecule has 12 heteroatoms. The quantitative estimate of drug-likeness (QED) is 0.377. The third kappa shape index (κ3) is 5.01. The monoisotopic (exact) mass is 519 g/mol. The fraction of sp³-hybridized carbons (Fsp3) is 0.360. The Kier molecular flexibility index (Phi) is 6.96. The van der Waals surface area contributed by atoms with Gasteiger partial charge in [-0.1, -0.05) is 13.0 Å². The van der Waals surface area contributed by atoms with Crippen molar-refractivity contribution in [2.45, 2.75) is 38.9 Å². The lowest BCUT2D eigenvalue weighted by Gasteiger charge is -2.15. The van der Waals surface area contributed by atoms with E-state index >= 15 is 0 Å². The molecule has 1 aliphatic heterocycles. The molecule has 1 saturated heterocycles. The van der Waals surface area contributed by atoms with Crippen LogP contribution in [0.25, 0.3) is 22.2 Å². The molecule has 0 atom stereocenters. The molecular weight excluding hydrogens is 495 g/mol. The molecule has 196 valence electrons. The van der Waals surface area contributed by atoms with Crippen LogP contribution in [0, 0.1) is 0 Å². The van der Waals surface area contributed by atoms with Crippen LogP contribution in [-0.4, -0.2) is 56.7 Å². The summed E-state index contributed by atoms with van der Waals surface area (Å²) in [6.07, 6.45) is -3.19. The van der Waals surface area contributed by atoms with Crippen molar-refractivity contribution in [3.63, 3.8) is 0 Å². The van der Waals surface area contributed by atoms with Crippen molar-refractivity contribution >= 4 is 28.8 Å². The van der Waals surface area contributed by atoms with Gasteiger partial charge < -0.3 is 19.4 Å². The number of carbonyl (C=O) groups is 3. The summed E-state index contributed by atoms with van der Waals surface area (Å²) in [6.45, 7) is 4.38. The van der Waals surface area contributed by atoms with Crippen molar-refractivity contribution < 1.29 is 37.4 Å². The predicted molar refractivity (Wildman–Crippen MR) is 126 cm³/mol. The van der Waals surface area contributed by atoms with Gasteiger partial charge in [0.2, 0.25) is 0 Å². The Morgan fingerprint density at radius 3 is 2.38 bits per heavy atom. The Bertz CT molecular complexity index is 1470. The number of hydrogen-bond acceptors (Lipinski definition) is 6. The summed E-state index contributed by atoms with van der Waals surface area (Å²) >= 11 is 0. The largest absolute Gasteiger partial charge is 0.491 e. The average Bonchev–Trinajstić information content (AvgIpc) is 3.45. The fourth-order valence-corrected chi connectivity index (χ4v) is 4.75. The number of aromatic amines is 1. The number of alkyl halides is 3. The number of likely N-dealkylation sites (tertiary alicyclic amines) is 1. The molecule has 3 aromatic rings. The maximum Gasteiger partial charge on any atom is 0.491 e. The van der Waals surface area contributed by atoms with Crippen LogP contribution < -0.4 is 5.56 Å². The van der Waals surface area contributed by atoms with Gasteiger partial charge in [0, 0.05) is 30.2 Å². The van der Waals surface area contributed by atoms with E-state index in [4.69, 9.17) is 0 Å². The van der Waals surface area contributed by atoms with Gasteiger partial charge in [-0.05, 0) is 61.7 Å². The van der Waals surface area contributed by atoms with Crippen molar-refractivity contribution in [1.29, 1.82) is 0 Å². The smallest absolute Gasteiger partial charge is 0.478 e. The van der Waals surface area contributed by atoms with Gasteiger partial charge in [0.05, 0.1) is 11.3 Å².